The molecule has 2 heterocycles. The van der Waals surface area contributed by atoms with Crippen molar-refractivity contribution in [3.8, 4) is 0 Å². The first-order valence-corrected chi connectivity index (χ1v) is 7.61. The minimum atomic E-state index is -0.257. The van der Waals surface area contributed by atoms with Crippen molar-refractivity contribution in [1.82, 2.24) is 15.3 Å². The van der Waals surface area contributed by atoms with Crippen LogP contribution in [0.5, 0.6) is 0 Å². The molecule has 0 radical (unpaired) electrons. The maximum absolute atomic E-state index is 12.0. The van der Waals surface area contributed by atoms with Crippen LogP contribution in [0, 0.1) is 0 Å². The molecule has 0 saturated carbocycles. The normalized spacial score (nSPS) is 10.5. The third-order valence-corrected chi connectivity index (χ3v) is 4.28. The highest BCUT2D eigenvalue weighted by atomic mass is 79.9. The number of aryl methyl sites for hydroxylation is 1. The monoisotopic (exact) mass is 359 g/mol. The van der Waals surface area contributed by atoms with E-state index in [9.17, 15) is 4.79 Å². The topological polar surface area (TPSA) is 54.9 Å². The van der Waals surface area contributed by atoms with Gasteiger partial charge in [-0.25, -0.2) is 9.97 Å². The van der Waals surface area contributed by atoms with Crippen LogP contribution in [0.4, 0.5) is 0 Å². The van der Waals surface area contributed by atoms with E-state index >= 15 is 0 Å². The summed E-state index contributed by atoms with van der Waals surface area (Å²) in [7, 11) is 0. The zero-order valence-corrected chi connectivity index (χ0v) is 13.3. The molecule has 1 amide bonds. The molecule has 100 valence electrons. The number of carbonyl (C=O) groups is 1. The predicted molar refractivity (Wildman–Crippen MR) is 79.6 cm³/mol. The van der Waals surface area contributed by atoms with E-state index in [1.165, 1.54) is 4.88 Å². The Hall–Kier alpha value is -0.980. The number of thiazole rings is 1. The number of amides is 1. The number of pyridine rings is 1. The molecule has 0 aliphatic rings. The van der Waals surface area contributed by atoms with Gasteiger partial charge in [-0.05, 0) is 28.4 Å². The minimum absolute atomic E-state index is 0.189. The standard InChI is InChI=1S/C12H11BrClN3OS/c1-2-8-5-15-10(19-8)6-17-12(18)9-3-7(13)4-16-11(9)14/h3-5H,2,6H2,1H3,(H,17,18). The Morgan fingerprint density at radius 1 is 1.47 bits per heavy atom. The number of rotatable bonds is 4. The molecule has 19 heavy (non-hydrogen) atoms. The van der Waals surface area contributed by atoms with Gasteiger partial charge in [-0.1, -0.05) is 18.5 Å². The smallest absolute Gasteiger partial charge is 0.254 e. The molecule has 7 heteroatoms. The van der Waals surface area contributed by atoms with E-state index in [2.05, 4.69) is 38.1 Å². The summed E-state index contributed by atoms with van der Waals surface area (Å²) in [6.07, 6.45) is 4.33. The third kappa shape index (κ3) is 3.75. The van der Waals surface area contributed by atoms with Crippen LogP contribution in [-0.4, -0.2) is 15.9 Å². The van der Waals surface area contributed by atoms with Crippen LogP contribution >= 0.6 is 38.9 Å². The van der Waals surface area contributed by atoms with Crippen molar-refractivity contribution in [3.63, 3.8) is 0 Å². The molecule has 0 unspecified atom stereocenters. The van der Waals surface area contributed by atoms with Crippen LogP contribution in [-0.2, 0) is 13.0 Å². The maximum Gasteiger partial charge on any atom is 0.254 e. The lowest BCUT2D eigenvalue weighted by atomic mass is 10.2. The van der Waals surface area contributed by atoms with Gasteiger partial charge in [0, 0.05) is 21.7 Å². The van der Waals surface area contributed by atoms with Gasteiger partial charge in [-0.2, -0.15) is 0 Å². The van der Waals surface area contributed by atoms with Gasteiger partial charge in [-0.3, -0.25) is 4.79 Å². The van der Waals surface area contributed by atoms with Crippen LogP contribution < -0.4 is 5.32 Å². The van der Waals surface area contributed by atoms with Crippen LogP contribution in [0.25, 0.3) is 0 Å². The molecule has 0 spiro atoms. The van der Waals surface area contributed by atoms with Gasteiger partial charge in [0.05, 0.1) is 12.1 Å². The first-order chi connectivity index (χ1) is 9.10. The zero-order chi connectivity index (χ0) is 13.8. The van der Waals surface area contributed by atoms with Crippen molar-refractivity contribution in [1.29, 1.82) is 0 Å². The second-order valence-corrected chi connectivity index (χ2v) is 6.22. The van der Waals surface area contributed by atoms with Gasteiger partial charge in [0.2, 0.25) is 0 Å². The molecule has 0 fully saturated rings. The number of halogens is 2. The Morgan fingerprint density at radius 3 is 2.95 bits per heavy atom. The molecule has 0 bridgehead atoms. The SMILES string of the molecule is CCc1cnc(CNC(=O)c2cc(Br)cnc2Cl)s1. The molecule has 2 aromatic rings. The van der Waals surface area contributed by atoms with Gasteiger partial charge < -0.3 is 5.32 Å². The van der Waals surface area contributed by atoms with Gasteiger partial charge in [0.25, 0.3) is 5.91 Å². The third-order valence-electron chi connectivity index (χ3n) is 2.40. The molecular weight excluding hydrogens is 350 g/mol. The van der Waals surface area contributed by atoms with E-state index in [0.717, 1.165) is 11.4 Å². The van der Waals surface area contributed by atoms with Crippen LogP contribution in [0.15, 0.2) is 22.9 Å². The molecule has 2 rings (SSSR count). The van der Waals surface area contributed by atoms with E-state index in [1.54, 1.807) is 23.6 Å². The second kappa shape index (κ2) is 6.45. The van der Waals surface area contributed by atoms with Crippen molar-refractivity contribution in [2.75, 3.05) is 0 Å². The maximum atomic E-state index is 12.0. The molecule has 0 aromatic carbocycles. The Balaban J connectivity index is 2.03. The molecule has 0 saturated heterocycles. The number of carbonyl (C=O) groups excluding carboxylic acids is 1. The molecule has 4 nitrogen and oxygen atoms in total. The van der Waals surface area contributed by atoms with E-state index < -0.39 is 0 Å². The number of aromatic nitrogens is 2. The van der Waals surface area contributed by atoms with Crippen LogP contribution in [0.2, 0.25) is 5.15 Å². The fraction of sp³-hybridized carbons (Fsp3) is 0.250. The van der Waals surface area contributed by atoms with E-state index in [4.69, 9.17) is 11.6 Å². The van der Waals surface area contributed by atoms with Crippen molar-refractivity contribution < 1.29 is 4.79 Å². The lowest BCUT2D eigenvalue weighted by Crippen LogP contribution is -2.23. The zero-order valence-electron chi connectivity index (χ0n) is 10.1. The van der Waals surface area contributed by atoms with Gasteiger partial charge in [-0.15, -0.1) is 11.3 Å². The Kier molecular flexibility index (Phi) is 4.90. The van der Waals surface area contributed by atoms with E-state index in [1.807, 2.05) is 6.20 Å². The number of hydrogen-bond acceptors (Lipinski definition) is 4. The largest absolute Gasteiger partial charge is 0.345 e. The fourth-order valence-corrected chi connectivity index (χ4v) is 2.75. The summed E-state index contributed by atoms with van der Waals surface area (Å²) in [5.74, 6) is -0.257. The Bertz CT molecular complexity index is 602. The van der Waals surface area contributed by atoms with E-state index in [-0.39, 0.29) is 11.1 Å². The highest BCUT2D eigenvalue weighted by molar-refractivity contribution is 9.10. The first-order valence-electron chi connectivity index (χ1n) is 5.63. The summed E-state index contributed by atoms with van der Waals surface area (Å²) in [6.45, 7) is 2.47. The summed E-state index contributed by atoms with van der Waals surface area (Å²) < 4.78 is 0.713. The van der Waals surface area contributed by atoms with E-state index in [0.29, 0.717) is 16.6 Å². The fourth-order valence-electron chi connectivity index (χ4n) is 1.43. The van der Waals surface area contributed by atoms with Crippen LogP contribution in [0.3, 0.4) is 0 Å². The molecular formula is C12H11BrClN3OS. The number of hydrogen-bond donors (Lipinski definition) is 1. The van der Waals surface area contributed by atoms with Gasteiger partial charge >= 0.3 is 0 Å². The molecule has 2 aromatic heterocycles. The van der Waals surface area contributed by atoms with Crippen molar-refractivity contribution in [3.05, 3.63) is 43.5 Å². The molecule has 1 N–H and O–H groups in total. The highest BCUT2D eigenvalue weighted by Crippen LogP contribution is 2.18. The first kappa shape index (κ1) is 14.4. The summed E-state index contributed by atoms with van der Waals surface area (Å²) >= 11 is 10.7. The number of nitrogens with one attached hydrogen (secondary N) is 1. The van der Waals surface area contributed by atoms with Crippen LogP contribution in [0.1, 0.15) is 27.2 Å². The van der Waals surface area contributed by atoms with Crippen molar-refractivity contribution in [2.45, 2.75) is 19.9 Å². The minimum Gasteiger partial charge on any atom is -0.345 e. The summed E-state index contributed by atoms with van der Waals surface area (Å²) in [5.41, 5.74) is 0.350. The summed E-state index contributed by atoms with van der Waals surface area (Å²) in [4.78, 5) is 21.3. The quantitative estimate of drug-likeness (QED) is 0.850. The molecule has 0 aliphatic heterocycles. The molecule has 0 aliphatic carbocycles. The average molecular weight is 361 g/mol. The Labute approximate surface area is 128 Å². The lowest BCUT2D eigenvalue weighted by Gasteiger charge is -2.05. The van der Waals surface area contributed by atoms with Gasteiger partial charge in [0.1, 0.15) is 10.2 Å². The predicted octanol–water partition coefficient (Wildman–Crippen LogP) is 3.45. The second-order valence-electron chi connectivity index (χ2n) is 3.75. The summed E-state index contributed by atoms with van der Waals surface area (Å²) in [5, 5.41) is 3.85. The van der Waals surface area contributed by atoms with Gasteiger partial charge in [0.15, 0.2) is 0 Å². The lowest BCUT2D eigenvalue weighted by molar-refractivity contribution is 0.0950. The molecule has 0 atom stereocenters. The Morgan fingerprint density at radius 2 is 2.26 bits per heavy atom. The summed E-state index contributed by atoms with van der Waals surface area (Å²) in [6, 6.07) is 1.64. The van der Waals surface area contributed by atoms with Crippen molar-refractivity contribution in [2.24, 2.45) is 0 Å². The average Bonchev–Trinajstić information content (AvgIpc) is 2.87. The van der Waals surface area contributed by atoms with Crippen molar-refractivity contribution >= 4 is 44.8 Å². The highest BCUT2D eigenvalue weighted by Gasteiger charge is 2.12. The number of nitrogens with zero attached hydrogens (tertiary/aromatic N) is 2.